The van der Waals surface area contributed by atoms with E-state index in [9.17, 15) is 15.0 Å². The highest BCUT2D eigenvalue weighted by Gasteiger charge is 2.49. The number of rotatable bonds is 3. The number of carboxylic acid groups (broad SMARTS) is 1. The minimum Gasteiger partial charge on any atom is -0.479 e. The molecule has 0 aromatic heterocycles. The highest BCUT2D eigenvalue weighted by atomic mass is 28.4. The first-order valence-electron chi connectivity index (χ1n) is 7.44. The summed E-state index contributed by atoms with van der Waals surface area (Å²) < 4.78 is 6.48. The number of hydrogen-bond acceptors (Lipinski definition) is 3. The van der Waals surface area contributed by atoms with Crippen LogP contribution < -0.4 is 0 Å². The second-order valence-corrected chi connectivity index (χ2v) is 12.8. The van der Waals surface area contributed by atoms with Gasteiger partial charge < -0.3 is 14.6 Å². The largest absolute Gasteiger partial charge is 0.479 e. The van der Waals surface area contributed by atoms with Crippen LogP contribution in [0.15, 0.2) is 0 Å². The molecule has 0 aromatic carbocycles. The van der Waals surface area contributed by atoms with Gasteiger partial charge in [0, 0.05) is 0 Å². The van der Waals surface area contributed by atoms with Gasteiger partial charge in [-0.05, 0) is 42.8 Å². The number of aliphatic carboxylic acids is 1. The summed E-state index contributed by atoms with van der Waals surface area (Å²) in [6.45, 7) is 15.0. The summed E-state index contributed by atoms with van der Waals surface area (Å²) >= 11 is 0. The summed E-state index contributed by atoms with van der Waals surface area (Å²) in [6.07, 6.45) is 0.577. The Morgan fingerprint density at radius 2 is 1.60 bits per heavy atom. The molecule has 0 aliphatic heterocycles. The second-order valence-electron chi connectivity index (χ2n) is 8.04. The molecule has 0 spiro atoms. The lowest BCUT2D eigenvalue weighted by atomic mass is 9.72. The molecule has 20 heavy (non-hydrogen) atoms. The molecule has 0 unspecified atom stereocenters. The van der Waals surface area contributed by atoms with Crippen molar-refractivity contribution in [3.63, 3.8) is 0 Å². The molecule has 0 radical (unpaired) electrons. The zero-order valence-electron chi connectivity index (χ0n) is 13.9. The van der Waals surface area contributed by atoms with Crippen molar-refractivity contribution in [3.05, 3.63) is 0 Å². The monoisotopic (exact) mass is 302 g/mol. The first-order valence-corrected chi connectivity index (χ1v) is 10.3. The van der Waals surface area contributed by atoms with E-state index in [0.29, 0.717) is 0 Å². The number of hydrogen-bond donors (Lipinski definition) is 2. The van der Waals surface area contributed by atoms with Crippen LogP contribution in [0.2, 0.25) is 18.1 Å². The zero-order valence-corrected chi connectivity index (χ0v) is 14.9. The van der Waals surface area contributed by atoms with E-state index in [1.54, 1.807) is 0 Å². The van der Waals surface area contributed by atoms with Gasteiger partial charge in [0.2, 0.25) is 0 Å². The van der Waals surface area contributed by atoms with Gasteiger partial charge in [0.25, 0.3) is 0 Å². The summed E-state index contributed by atoms with van der Waals surface area (Å²) in [4.78, 5) is 11.2. The molecule has 5 heteroatoms. The lowest BCUT2D eigenvalue weighted by Crippen LogP contribution is -2.54. The van der Waals surface area contributed by atoms with Crippen molar-refractivity contribution in [2.75, 3.05) is 0 Å². The fraction of sp³-hybridized carbons (Fsp3) is 0.933. The summed E-state index contributed by atoms with van der Waals surface area (Å²) in [5, 5.41) is 19.6. The van der Waals surface area contributed by atoms with Crippen molar-refractivity contribution in [3.8, 4) is 0 Å². The molecule has 2 N–H and O–H groups in total. The third-order valence-electron chi connectivity index (χ3n) is 5.08. The quantitative estimate of drug-likeness (QED) is 0.785. The molecule has 0 heterocycles. The van der Waals surface area contributed by atoms with Crippen LogP contribution in [0.5, 0.6) is 0 Å². The van der Waals surface area contributed by atoms with E-state index in [1.807, 2.05) is 13.8 Å². The number of aliphatic hydroxyl groups is 1. The van der Waals surface area contributed by atoms with Crippen molar-refractivity contribution in [2.24, 2.45) is 11.8 Å². The molecule has 0 aromatic rings. The molecule has 0 bridgehead atoms. The Kier molecular flexibility index (Phi) is 4.79. The van der Waals surface area contributed by atoms with Crippen LogP contribution in [-0.4, -0.2) is 36.2 Å². The summed E-state index contributed by atoms with van der Waals surface area (Å²) in [5.41, 5.74) is -1.59. The Bertz CT molecular complexity index is 361. The first kappa shape index (κ1) is 17.7. The Labute approximate surface area is 123 Å². The van der Waals surface area contributed by atoms with Crippen LogP contribution in [0.1, 0.15) is 47.5 Å². The summed E-state index contributed by atoms with van der Waals surface area (Å²) in [7, 11) is -1.88. The van der Waals surface area contributed by atoms with Gasteiger partial charge in [-0.3, -0.25) is 0 Å². The van der Waals surface area contributed by atoms with Gasteiger partial charge in [-0.25, -0.2) is 4.79 Å². The van der Waals surface area contributed by atoms with Gasteiger partial charge >= 0.3 is 5.97 Å². The Morgan fingerprint density at radius 3 is 1.90 bits per heavy atom. The van der Waals surface area contributed by atoms with Gasteiger partial charge in [-0.2, -0.15) is 0 Å². The van der Waals surface area contributed by atoms with Gasteiger partial charge in [0.05, 0.1) is 6.10 Å². The lowest BCUT2D eigenvalue weighted by Gasteiger charge is -2.47. The van der Waals surface area contributed by atoms with Gasteiger partial charge in [-0.1, -0.05) is 34.6 Å². The van der Waals surface area contributed by atoms with Crippen LogP contribution in [0, 0.1) is 11.8 Å². The van der Waals surface area contributed by atoms with E-state index in [2.05, 4.69) is 33.9 Å². The number of carbonyl (C=O) groups is 1. The lowest BCUT2D eigenvalue weighted by molar-refractivity contribution is -0.170. The van der Waals surface area contributed by atoms with E-state index in [1.165, 1.54) is 0 Å². The molecule has 1 aliphatic carbocycles. The molecule has 1 aliphatic rings. The topological polar surface area (TPSA) is 66.8 Å². The van der Waals surface area contributed by atoms with Crippen molar-refractivity contribution in [2.45, 2.75) is 77.3 Å². The van der Waals surface area contributed by atoms with Gasteiger partial charge in [-0.15, -0.1) is 0 Å². The highest BCUT2D eigenvalue weighted by Crippen LogP contribution is 2.43. The van der Waals surface area contributed by atoms with Crippen LogP contribution in [0.4, 0.5) is 0 Å². The molecule has 1 saturated carbocycles. The van der Waals surface area contributed by atoms with Crippen LogP contribution in [0.25, 0.3) is 0 Å². The zero-order chi connectivity index (χ0) is 15.9. The molecule has 118 valence electrons. The smallest absolute Gasteiger partial charge is 0.335 e. The average molecular weight is 302 g/mol. The SMILES string of the molecule is C[C@@H]1CC(O)(C(=O)O)C[C@@H](C)C1O[Si](C)(C)C(C)(C)C. The van der Waals surface area contributed by atoms with Crippen LogP contribution >= 0.6 is 0 Å². The molecule has 1 fully saturated rings. The highest BCUT2D eigenvalue weighted by molar-refractivity contribution is 6.74. The molecule has 1 rings (SSSR count). The van der Waals surface area contributed by atoms with E-state index < -0.39 is 19.9 Å². The minimum atomic E-state index is -1.88. The van der Waals surface area contributed by atoms with Crippen molar-refractivity contribution < 1.29 is 19.4 Å². The first-order chi connectivity index (χ1) is 8.80. The fourth-order valence-electron chi connectivity index (χ4n) is 2.87. The van der Waals surface area contributed by atoms with E-state index in [-0.39, 0.29) is 35.8 Å². The van der Waals surface area contributed by atoms with Crippen molar-refractivity contribution >= 4 is 14.3 Å². The normalized spacial score (nSPS) is 35.9. The standard InChI is InChI=1S/C15H30O4Si/c1-10-8-15(18,13(16)17)9-11(2)12(10)19-20(6,7)14(3,4)5/h10-12,18H,8-9H2,1-7H3,(H,16,17)/t10-,11-,12?,15?/m1/s1. The van der Waals surface area contributed by atoms with Gasteiger partial charge in [0.1, 0.15) is 0 Å². The van der Waals surface area contributed by atoms with Gasteiger partial charge in [0.15, 0.2) is 13.9 Å². The molecule has 0 saturated heterocycles. The van der Waals surface area contributed by atoms with E-state index in [0.717, 1.165) is 0 Å². The maximum absolute atomic E-state index is 11.2. The molecule has 4 nitrogen and oxygen atoms in total. The number of carboxylic acids is 1. The van der Waals surface area contributed by atoms with E-state index >= 15 is 0 Å². The third kappa shape index (κ3) is 3.43. The molecular formula is C15H30O4Si. The maximum Gasteiger partial charge on any atom is 0.335 e. The minimum absolute atomic E-state index is 0.0375. The van der Waals surface area contributed by atoms with Crippen molar-refractivity contribution in [1.29, 1.82) is 0 Å². The Morgan fingerprint density at radius 1 is 1.20 bits per heavy atom. The summed E-state index contributed by atoms with van der Waals surface area (Å²) in [5.74, 6) is -1.01. The Hall–Kier alpha value is -0.393. The fourth-order valence-corrected chi connectivity index (χ4v) is 4.36. The Balaban J connectivity index is 2.88. The maximum atomic E-state index is 11.2. The summed E-state index contributed by atoms with van der Waals surface area (Å²) in [6, 6.07) is 0. The third-order valence-corrected chi connectivity index (χ3v) is 9.55. The average Bonchev–Trinajstić information content (AvgIpc) is 2.21. The molecule has 2 atom stereocenters. The predicted molar refractivity (Wildman–Crippen MR) is 82.2 cm³/mol. The predicted octanol–water partition coefficient (Wildman–Crippen LogP) is 3.26. The van der Waals surface area contributed by atoms with Crippen molar-refractivity contribution in [1.82, 2.24) is 0 Å². The van der Waals surface area contributed by atoms with E-state index in [4.69, 9.17) is 4.43 Å². The second kappa shape index (κ2) is 5.43. The van der Waals surface area contributed by atoms with Crippen LogP contribution in [0.3, 0.4) is 0 Å². The van der Waals surface area contributed by atoms with Crippen LogP contribution in [-0.2, 0) is 9.22 Å². The molecular weight excluding hydrogens is 272 g/mol. The molecule has 0 amide bonds.